The Balaban J connectivity index is 1.68. The number of hydrogen-bond acceptors (Lipinski definition) is 4. The molecule has 3 rings (SSSR count). The lowest BCUT2D eigenvalue weighted by atomic mass is 10.0. The molecule has 0 saturated carbocycles. The van der Waals surface area contributed by atoms with E-state index in [0.717, 1.165) is 49.9 Å². The topological polar surface area (TPSA) is 49.3 Å². The van der Waals surface area contributed by atoms with Gasteiger partial charge in [0.2, 0.25) is 5.91 Å². The van der Waals surface area contributed by atoms with Crippen LogP contribution in [0.5, 0.6) is 0 Å². The van der Waals surface area contributed by atoms with E-state index in [2.05, 4.69) is 21.8 Å². The third-order valence-electron chi connectivity index (χ3n) is 5.63. The number of carbonyl (C=O) groups excluding carboxylic acids is 1. The molecule has 1 amide bonds. The number of halogens is 1. The van der Waals surface area contributed by atoms with Gasteiger partial charge in [0, 0.05) is 50.1 Å². The van der Waals surface area contributed by atoms with Gasteiger partial charge in [-0.25, -0.2) is 14.4 Å². The summed E-state index contributed by atoms with van der Waals surface area (Å²) in [6.45, 7) is 6.28. The second-order valence-corrected chi connectivity index (χ2v) is 7.49. The van der Waals surface area contributed by atoms with E-state index in [9.17, 15) is 9.18 Å². The molecule has 28 heavy (non-hydrogen) atoms. The molecule has 1 saturated heterocycles. The first-order chi connectivity index (χ1) is 13.6. The summed E-state index contributed by atoms with van der Waals surface area (Å²) in [4.78, 5) is 24.9. The van der Waals surface area contributed by atoms with E-state index in [4.69, 9.17) is 0 Å². The maximum absolute atomic E-state index is 13.3. The van der Waals surface area contributed by atoms with Crippen LogP contribution in [0, 0.1) is 5.82 Å². The van der Waals surface area contributed by atoms with Crippen molar-refractivity contribution in [2.45, 2.75) is 58.2 Å². The van der Waals surface area contributed by atoms with Crippen LogP contribution in [0.1, 0.15) is 56.7 Å². The van der Waals surface area contributed by atoms with Gasteiger partial charge < -0.3 is 4.90 Å². The van der Waals surface area contributed by atoms with Crippen LogP contribution in [0.2, 0.25) is 0 Å². The molecule has 5 nitrogen and oxygen atoms in total. The first-order valence-electron chi connectivity index (χ1n) is 10.1. The van der Waals surface area contributed by atoms with Crippen LogP contribution in [0.4, 0.5) is 4.39 Å². The SMILES string of the molecule is CC[C@@H](c1ccc(F)cc1)N1CCC[C@H](N(Cc2cncnc2)C(C)=O)CC1. The Hall–Kier alpha value is -2.34. The molecular weight excluding hydrogens is 355 g/mol. The quantitative estimate of drug-likeness (QED) is 0.756. The number of amides is 1. The monoisotopic (exact) mass is 384 g/mol. The predicted molar refractivity (Wildman–Crippen MR) is 107 cm³/mol. The standard InChI is InChI=1S/C22H29FN4O/c1-3-22(19-6-8-20(23)9-7-19)26-11-4-5-21(10-12-26)27(17(2)28)15-18-13-24-16-25-14-18/h6-9,13-14,16,21-22H,3-5,10-12,15H2,1-2H3/t21-,22-/m0/s1. The molecule has 150 valence electrons. The summed E-state index contributed by atoms with van der Waals surface area (Å²) in [5.41, 5.74) is 2.11. The first-order valence-corrected chi connectivity index (χ1v) is 10.1. The molecular formula is C22H29FN4O. The molecule has 0 radical (unpaired) electrons. The Bertz CT molecular complexity index is 753. The summed E-state index contributed by atoms with van der Waals surface area (Å²) in [7, 11) is 0. The molecule has 0 unspecified atom stereocenters. The van der Waals surface area contributed by atoms with Gasteiger partial charge in [-0.3, -0.25) is 9.69 Å². The highest BCUT2D eigenvalue weighted by atomic mass is 19.1. The van der Waals surface area contributed by atoms with E-state index in [1.54, 1.807) is 19.3 Å². The molecule has 1 aromatic carbocycles. The highest BCUT2D eigenvalue weighted by molar-refractivity contribution is 5.73. The maximum Gasteiger partial charge on any atom is 0.219 e. The highest BCUT2D eigenvalue weighted by Gasteiger charge is 2.27. The largest absolute Gasteiger partial charge is 0.335 e. The number of benzene rings is 1. The van der Waals surface area contributed by atoms with Crippen molar-refractivity contribution >= 4 is 5.91 Å². The Labute approximate surface area is 166 Å². The fourth-order valence-corrected chi connectivity index (χ4v) is 4.22. The summed E-state index contributed by atoms with van der Waals surface area (Å²) in [5, 5.41) is 0. The maximum atomic E-state index is 13.3. The summed E-state index contributed by atoms with van der Waals surface area (Å²) in [6.07, 6.45) is 8.99. The van der Waals surface area contributed by atoms with Gasteiger partial charge in [0.25, 0.3) is 0 Å². The zero-order valence-electron chi connectivity index (χ0n) is 16.7. The zero-order valence-corrected chi connectivity index (χ0v) is 16.7. The van der Waals surface area contributed by atoms with Crippen molar-refractivity contribution in [3.8, 4) is 0 Å². The molecule has 1 aliphatic heterocycles. The third kappa shape index (κ3) is 5.13. The number of rotatable bonds is 6. The second-order valence-electron chi connectivity index (χ2n) is 7.49. The van der Waals surface area contributed by atoms with Crippen molar-refractivity contribution < 1.29 is 9.18 Å². The van der Waals surface area contributed by atoms with Crippen molar-refractivity contribution in [1.29, 1.82) is 0 Å². The number of likely N-dealkylation sites (tertiary alicyclic amines) is 1. The van der Waals surface area contributed by atoms with Gasteiger partial charge >= 0.3 is 0 Å². The van der Waals surface area contributed by atoms with Crippen molar-refractivity contribution in [3.63, 3.8) is 0 Å². The normalized spacial score (nSPS) is 19.0. The Kier molecular flexibility index (Phi) is 7.09. The van der Waals surface area contributed by atoms with Gasteiger partial charge in [-0.05, 0) is 49.9 Å². The van der Waals surface area contributed by atoms with E-state index < -0.39 is 0 Å². The fourth-order valence-electron chi connectivity index (χ4n) is 4.22. The van der Waals surface area contributed by atoms with E-state index in [1.807, 2.05) is 17.0 Å². The molecule has 1 fully saturated rings. The molecule has 2 heterocycles. The van der Waals surface area contributed by atoms with Crippen LogP contribution in [0.3, 0.4) is 0 Å². The average molecular weight is 384 g/mol. The van der Waals surface area contributed by atoms with Crippen LogP contribution < -0.4 is 0 Å². The third-order valence-corrected chi connectivity index (χ3v) is 5.63. The lowest BCUT2D eigenvalue weighted by molar-refractivity contribution is -0.132. The second kappa shape index (κ2) is 9.73. The molecule has 0 aliphatic carbocycles. The Morgan fingerprint density at radius 3 is 2.57 bits per heavy atom. The predicted octanol–water partition coefficient (Wildman–Crippen LogP) is 3.97. The lowest BCUT2D eigenvalue weighted by Crippen LogP contribution is -2.39. The van der Waals surface area contributed by atoms with Gasteiger partial charge in [0.05, 0.1) is 0 Å². The van der Waals surface area contributed by atoms with Gasteiger partial charge in [-0.2, -0.15) is 0 Å². The minimum atomic E-state index is -0.198. The summed E-state index contributed by atoms with van der Waals surface area (Å²) < 4.78 is 13.3. The Morgan fingerprint density at radius 1 is 1.21 bits per heavy atom. The van der Waals surface area contributed by atoms with Crippen LogP contribution in [0.15, 0.2) is 43.0 Å². The number of hydrogen-bond donors (Lipinski definition) is 0. The smallest absolute Gasteiger partial charge is 0.219 e. The molecule has 1 aliphatic rings. The zero-order chi connectivity index (χ0) is 19.9. The van der Waals surface area contributed by atoms with E-state index in [1.165, 1.54) is 18.5 Å². The number of carbonyl (C=O) groups is 1. The number of aromatic nitrogens is 2. The first kappa shape index (κ1) is 20.4. The lowest BCUT2D eigenvalue weighted by Gasteiger charge is -2.32. The van der Waals surface area contributed by atoms with Crippen LogP contribution in [-0.4, -0.2) is 44.8 Å². The minimum Gasteiger partial charge on any atom is -0.335 e. The van der Waals surface area contributed by atoms with E-state index in [-0.39, 0.29) is 23.8 Å². The molecule has 0 spiro atoms. The van der Waals surface area contributed by atoms with Gasteiger partial charge in [-0.15, -0.1) is 0 Å². The molecule has 0 N–H and O–H groups in total. The molecule has 2 atom stereocenters. The summed E-state index contributed by atoms with van der Waals surface area (Å²) in [6, 6.07) is 7.36. The van der Waals surface area contributed by atoms with Gasteiger partial charge in [-0.1, -0.05) is 19.1 Å². The van der Waals surface area contributed by atoms with Crippen LogP contribution in [0.25, 0.3) is 0 Å². The summed E-state index contributed by atoms with van der Waals surface area (Å²) in [5.74, 6) is -0.107. The fraction of sp³-hybridized carbons (Fsp3) is 0.500. The molecule has 1 aromatic heterocycles. The van der Waals surface area contributed by atoms with Crippen LogP contribution in [-0.2, 0) is 11.3 Å². The van der Waals surface area contributed by atoms with E-state index in [0.29, 0.717) is 6.54 Å². The molecule has 0 bridgehead atoms. The van der Waals surface area contributed by atoms with E-state index >= 15 is 0 Å². The van der Waals surface area contributed by atoms with Gasteiger partial charge in [0.15, 0.2) is 0 Å². The van der Waals surface area contributed by atoms with Crippen molar-refractivity contribution in [1.82, 2.24) is 19.8 Å². The average Bonchev–Trinajstić information content (AvgIpc) is 2.95. The van der Waals surface area contributed by atoms with Crippen LogP contribution >= 0.6 is 0 Å². The minimum absolute atomic E-state index is 0.0906. The summed E-state index contributed by atoms with van der Waals surface area (Å²) >= 11 is 0. The number of nitrogens with zero attached hydrogens (tertiary/aromatic N) is 4. The highest BCUT2D eigenvalue weighted by Crippen LogP contribution is 2.28. The Morgan fingerprint density at radius 2 is 1.93 bits per heavy atom. The molecule has 2 aromatic rings. The van der Waals surface area contributed by atoms with Crippen molar-refractivity contribution in [2.75, 3.05) is 13.1 Å². The van der Waals surface area contributed by atoms with Crippen molar-refractivity contribution in [3.05, 3.63) is 59.9 Å². The van der Waals surface area contributed by atoms with Crippen molar-refractivity contribution in [2.24, 2.45) is 0 Å². The molecule has 6 heteroatoms. The van der Waals surface area contributed by atoms with Gasteiger partial charge in [0.1, 0.15) is 12.1 Å².